The molecule has 1 aliphatic carbocycles. The van der Waals surface area contributed by atoms with Crippen LogP contribution in [0.4, 0.5) is 5.82 Å². The maximum Gasteiger partial charge on any atom is 0.166 e. The van der Waals surface area contributed by atoms with Crippen molar-refractivity contribution >= 4 is 5.82 Å². The predicted octanol–water partition coefficient (Wildman–Crippen LogP) is 1.76. The molecular weight excluding hydrogens is 164 g/mol. The average molecular weight is 178 g/mol. The van der Waals surface area contributed by atoms with Crippen molar-refractivity contribution in [2.45, 2.75) is 19.8 Å². The van der Waals surface area contributed by atoms with Gasteiger partial charge in [0.05, 0.1) is 6.61 Å². The van der Waals surface area contributed by atoms with Crippen LogP contribution in [0.1, 0.15) is 18.4 Å². The topological polar surface area (TPSA) is 48.1 Å². The van der Waals surface area contributed by atoms with Gasteiger partial charge in [0, 0.05) is 6.20 Å². The lowest BCUT2D eigenvalue weighted by molar-refractivity contribution is 0.300. The summed E-state index contributed by atoms with van der Waals surface area (Å²) in [5, 5.41) is 0. The second-order valence-corrected chi connectivity index (χ2v) is 3.65. The zero-order chi connectivity index (χ0) is 9.26. The van der Waals surface area contributed by atoms with E-state index in [1.165, 1.54) is 12.8 Å². The summed E-state index contributed by atoms with van der Waals surface area (Å²) in [7, 11) is 0. The molecule has 1 aliphatic rings. The standard InChI is InChI=1S/C10H14N2O/c1-7-4-9(10(11)12-5-7)13-6-8-2-3-8/h4-5,8H,2-3,6H2,1H3,(H2,11,12). The summed E-state index contributed by atoms with van der Waals surface area (Å²) < 4.78 is 5.55. The summed E-state index contributed by atoms with van der Waals surface area (Å²) in [4.78, 5) is 4.03. The number of anilines is 1. The Kier molecular flexibility index (Phi) is 2.08. The van der Waals surface area contributed by atoms with Gasteiger partial charge < -0.3 is 10.5 Å². The van der Waals surface area contributed by atoms with Crippen LogP contribution >= 0.6 is 0 Å². The summed E-state index contributed by atoms with van der Waals surface area (Å²) in [6.07, 6.45) is 4.33. The van der Waals surface area contributed by atoms with Gasteiger partial charge in [-0.1, -0.05) is 0 Å². The molecule has 0 spiro atoms. The zero-order valence-electron chi connectivity index (χ0n) is 7.79. The highest BCUT2D eigenvalue weighted by Gasteiger charge is 2.22. The van der Waals surface area contributed by atoms with Gasteiger partial charge in [-0.2, -0.15) is 0 Å². The molecule has 70 valence electrons. The highest BCUT2D eigenvalue weighted by atomic mass is 16.5. The van der Waals surface area contributed by atoms with Gasteiger partial charge in [-0.15, -0.1) is 0 Å². The van der Waals surface area contributed by atoms with E-state index < -0.39 is 0 Å². The fourth-order valence-electron chi connectivity index (χ4n) is 1.16. The minimum atomic E-state index is 0.492. The van der Waals surface area contributed by atoms with Gasteiger partial charge in [0.2, 0.25) is 0 Å². The normalized spacial score (nSPS) is 15.8. The smallest absolute Gasteiger partial charge is 0.166 e. The molecule has 0 aromatic carbocycles. The first-order chi connectivity index (χ1) is 6.25. The number of hydrogen-bond donors (Lipinski definition) is 1. The second kappa shape index (κ2) is 3.24. The first-order valence-electron chi connectivity index (χ1n) is 4.60. The van der Waals surface area contributed by atoms with Crippen LogP contribution in [0.3, 0.4) is 0 Å². The Bertz CT molecular complexity index is 308. The Hall–Kier alpha value is -1.25. The number of hydrogen-bond acceptors (Lipinski definition) is 3. The lowest BCUT2D eigenvalue weighted by Crippen LogP contribution is -2.03. The van der Waals surface area contributed by atoms with Crippen molar-refractivity contribution in [1.29, 1.82) is 0 Å². The molecule has 1 fully saturated rings. The number of aryl methyl sites for hydroxylation is 1. The van der Waals surface area contributed by atoms with Crippen LogP contribution in [-0.2, 0) is 0 Å². The van der Waals surface area contributed by atoms with Crippen molar-refractivity contribution < 1.29 is 4.74 Å². The maximum atomic E-state index is 5.66. The average Bonchev–Trinajstić information content (AvgIpc) is 2.90. The van der Waals surface area contributed by atoms with Gasteiger partial charge in [-0.05, 0) is 37.3 Å². The van der Waals surface area contributed by atoms with Crippen LogP contribution in [0.15, 0.2) is 12.3 Å². The van der Waals surface area contributed by atoms with Crippen LogP contribution in [0, 0.1) is 12.8 Å². The molecule has 2 N–H and O–H groups in total. The molecule has 1 heterocycles. The fourth-order valence-corrected chi connectivity index (χ4v) is 1.16. The van der Waals surface area contributed by atoms with E-state index in [9.17, 15) is 0 Å². The Morgan fingerprint density at radius 2 is 2.38 bits per heavy atom. The number of ether oxygens (including phenoxy) is 1. The van der Waals surface area contributed by atoms with Gasteiger partial charge >= 0.3 is 0 Å². The summed E-state index contributed by atoms with van der Waals surface area (Å²) in [5.74, 6) is 1.97. The Morgan fingerprint density at radius 1 is 1.62 bits per heavy atom. The lowest BCUT2D eigenvalue weighted by Gasteiger charge is -2.07. The van der Waals surface area contributed by atoms with E-state index in [0.717, 1.165) is 23.8 Å². The van der Waals surface area contributed by atoms with Crippen LogP contribution in [-0.4, -0.2) is 11.6 Å². The molecule has 2 rings (SSSR count). The van der Waals surface area contributed by atoms with Gasteiger partial charge in [-0.3, -0.25) is 0 Å². The summed E-state index contributed by atoms with van der Waals surface area (Å²) in [5.41, 5.74) is 6.74. The fraction of sp³-hybridized carbons (Fsp3) is 0.500. The molecule has 0 saturated heterocycles. The third-order valence-electron chi connectivity index (χ3n) is 2.19. The van der Waals surface area contributed by atoms with Crippen molar-refractivity contribution in [2.24, 2.45) is 5.92 Å². The third-order valence-corrected chi connectivity index (χ3v) is 2.19. The van der Waals surface area contributed by atoms with Crippen molar-refractivity contribution in [2.75, 3.05) is 12.3 Å². The van der Waals surface area contributed by atoms with Crippen LogP contribution in [0.5, 0.6) is 5.75 Å². The molecule has 3 nitrogen and oxygen atoms in total. The Morgan fingerprint density at radius 3 is 3.08 bits per heavy atom. The Balaban J connectivity index is 2.03. The van der Waals surface area contributed by atoms with E-state index in [4.69, 9.17) is 10.5 Å². The highest BCUT2D eigenvalue weighted by Crippen LogP contribution is 2.30. The van der Waals surface area contributed by atoms with Gasteiger partial charge in [-0.25, -0.2) is 4.98 Å². The largest absolute Gasteiger partial charge is 0.489 e. The monoisotopic (exact) mass is 178 g/mol. The minimum absolute atomic E-state index is 0.492. The molecule has 0 atom stereocenters. The number of rotatable bonds is 3. The molecule has 0 bridgehead atoms. The summed E-state index contributed by atoms with van der Waals surface area (Å²) >= 11 is 0. The number of aromatic nitrogens is 1. The molecule has 0 radical (unpaired) electrons. The van der Waals surface area contributed by atoms with Crippen LogP contribution < -0.4 is 10.5 Å². The van der Waals surface area contributed by atoms with E-state index in [1.54, 1.807) is 6.20 Å². The molecule has 0 amide bonds. The number of nitrogens with zero attached hydrogens (tertiary/aromatic N) is 1. The quantitative estimate of drug-likeness (QED) is 0.767. The second-order valence-electron chi connectivity index (χ2n) is 3.65. The minimum Gasteiger partial charge on any atom is -0.489 e. The first kappa shape index (κ1) is 8.35. The molecule has 1 saturated carbocycles. The van der Waals surface area contributed by atoms with E-state index in [1.807, 2.05) is 13.0 Å². The van der Waals surface area contributed by atoms with Crippen molar-refractivity contribution in [3.8, 4) is 5.75 Å². The van der Waals surface area contributed by atoms with E-state index >= 15 is 0 Å². The summed E-state index contributed by atoms with van der Waals surface area (Å²) in [6.45, 7) is 2.77. The molecule has 1 aromatic rings. The first-order valence-corrected chi connectivity index (χ1v) is 4.60. The molecule has 3 heteroatoms. The molecule has 0 aliphatic heterocycles. The maximum absolute atomic E-state index is 5.66. The third kappa shape index (κ3) is 2.11. The van der Waals surface area contributed by atoms with Crippen molar-refractivity contribution in [3.63, 3.8) is 0 Å². The van der Waals surface area contributed by atoms with Crippen molar-refractivity contribution in [3.05, 3.63) is 17.8 Å². The molecule has 1 aromatic heterocycles. The molecular formula is C10H14N2O. The molecule has 13 heavy (non-hydrogen) atoms. The van der Waals surface area contributed by atoms with Gasteiger partial charge in [0.25, 0.3) is 0 Å². The Labute approximate surface area is 77.9 Å². The van der Waals surface area contributed by atoms with Gasteiger partial charge in [0.15, 0.2) is 11.6 Å². The number of nitrogens with two attached hydrogens (primary N) is 1. The summed E-state index contributed by atoms with van der Waals surface area (Å²) in [6, 6.07) is 1.94. The number of pyridine rings is 1. The van der Waals surface area contributed by atoms with Crippen LogP contribution in [0.2, 0.25) is 0 Å². The zero-order valence-corrected chi connectivity index (χ0v) is 7.79. The lowest BCUT2D eigenvalue weighted by atomic mass is 10.3. The SMILES string of the molecule is Cc1cnc(N)c(OCC2CC2)c1. The van der Waals surface area contributed by atoms with E-state index in [-0.39, 0.29) is 0 Å². The highest BCUT2D eigenvalue weighted by molar-refractivity contribution is 5.46. The number of nitrogen functional groups attached to an aromatic ring is 1. The van der Waals surface area contributed by atoms with E-state index in [0.29, 0.717) is 5.82 Å². The van der Waals surface area contributed by atoms with E-state index in [2.05, 4.69) is 4.98 Å². The van der Waals surface area contributed by atoms with Crippen LogP contribution in [0.25, 0.3) is 0 Å². The van der Waals surface area contributed by atoms with Gasteiger partial charge in [0.1, 0.15) is 0 Å². The predicted molar refractivity (Wildman–Crippen MR) is 51.6 cm³/mol. The van der Waals surface area contributed by atoms with Crippen molar-refractivity contribution in [1.82, 2.24) is 4.98 Å². The molecule has 0 unspecified atom stereocenters.